The van der Waals surface area contributed by atoms with E-state index in [0.717, 1.165) is 5.71 Å². The second-order valence-corrected chi connectivity index (χ2v) is 2.54. The minimum atomic E-state index is -0.269. The molecule has 0 spiro atoms. The zero-order chi connectivity index (χ0) is 6.91. The molecule has 1 N–H and O–H groups in total. The first-order valence-electron chi connectivity index (χ1n) is 2.88. The second-order valence-electron chi connectivity index (χ2n) is 2.54. The quantitative estimate of drug-likeness (QED) is 0.537. The fourth-order valence-corrected chi connectivity index (χ4v) is 0.710. The molecule has 1 rings (SSSR count). The molecule has 0 fully saturated rings. The van der Waals surface area contributed by atoms with Crippen molar-refractivity contribution in [3.05, 3.63) is 0 Å². The lowest BCUT2D eigenvalue weighted by Gasteiger charge is -2.14. The average molecular weight is 126 g/mol. The van der Waals surface area contributed by atoms with Crippen LogP contribution in [0.3, 0.4) is 0 Å². The van der Waals surface area contributed by atoms with Crippen LogP contribution in [0.1, 0.15) is 13.8 Å². The molecule has 0 saturated carbocycles. The molecule has 0 saturated heterocycles. The van der Waals surface area contributed by atoms with Crippen LogP contribution in [0, 0.1) is 0 Å². The van der Waals surface area contributed by atoms with Crippen LogP contribution in [0.4, 0.5) is 0 Å². The Morgan fingerprint density at radius 1 is 1.67 bits per heavy atom. The highest BCUT2D eigenvalue weighted by molar-refractivity contribution is 6.02. The van der Waals surface area contributed by atoms with E-state index in [1.807, 2.05) is 13.8 Å². The van der Waals surface area contributed by atoms with Gasteiger partial charge >= 0.3 is 0 Å². The molecular formula is C6H10N2O. The van der Waals surface area contributed by atoms with Gasteiger partial charge in [-0.3, -0.25) is 4.99 Å². The molecule has 0 bridgehead atoms. The van der Waals surface area contributed by atoms with Crippen LogP contribution in [-0.2, 0) is 0 Å². The van der Waals surface area contributed by atoms with E-state index in [2.05, 4.69) is 9.98 Å². The fraction of sp³-hybridized carbons (Fsp3) is 0.667. The van der Waals surface area contributed by atoms with Crippen molar-refractivity contribution in [3.8, 4) is 0 Å². The summed E-state index contributed by atoms with van der Waals surface area (Å²) < 4.78 is 0. The molecule has 9 heavy (non-hydrogen) atoms. The van der Waals surface area contributed by atoms with Crippen molar-refractivity contribution in [1.29, 1.82) is 0 Å². The Hall–Kier alpha value is -0.700. The molecule has 0 radical (unpaired) electrons. The van der Waals surface area contributed by atoms with Gasteiger partial charge in [0.25, 0.3) is 0 Å². The van der Waals surface area contributed by atoms with E-state index in [-0.39, 0.29) is 12.1 Å². The minimum absolute atomic E-state index is 0.00694. The van der Waals surface area contributed by atoms with Gasteiger partial charge in [-0.15, -0.1) is 0 Å². The molecule has 3 nitrogen and oxygen atoms in total. The SMILES string of the molecule is CC1(C)N=CN=C1CO. The molecular weight excluding hydrogens is 116 g/mol. The van der Waals surface area contributed by atoms with E-state index in [1.54, 1.807) is 0 Å². The van der Waals surface area contributed by atoms with Crippen LogP contribution in [0.25, 0.3) is 0 Å². The van der Waals surface area contributed by atoms with Crippen molar-refractivity contribution in [2.75, 3.05) is 6.61 Å². The smallest absolute Gasteiger partial charge is 0.111 e. The maximum Gasteiger partial charge on any atom is 0.111 e. The number of rotatable bonds is 1. The van der Waals surface area contributed by atoms with E-state index in [4.69, 9.17) is 5.11 Å². The summed E-state index contributed by atoms with van der Waals surface area (Å²) in [6.45, 7) is 3.85. The number of aliphatic hydroxyl groups is 1. The number of aliphatic imine (C=N–C) groups is 2. The summed E-state index contributed by atoms with van der Waals surface area (Å²) in [4.78, 5) is 7.91. The van der Waals surface area contributed by atoms with Crippen LogP contribution in [-0.4, -0.2) is 29.3 Å². The lowest BCUT2D eigenvalue weighted by atomic mass is 10.0. The highest BCUT2D eigenvalue weighted by atomic mass is 16.3. The van der Waals surface area contributed by atoms with Crippen molar-refractivity contribution in [2.24, 2.45) is 9.98 Å². The first-order valence-corrected chi connectivity index (χ1v) is 2.88. The van der Waals surface area contributed by atoms with E-state index in [9.17, 15) is 0 Å². The van der Waals surface area contributed by atoms with Gasteiger partial charge in [-0.2, -0.15) is 0 Å². The summed E-state index contributed by atoms with van der Waals surface area (Å²) in [5.41, 5.74) is 0.469. The number of aliphatic hydroxyl groups excluding tert-OH is 1. The zero-order valence-corrected chi connectivity index (χ0v) is 5.63. The van der Waals surface area contributed by atoms with E-state index in [1.165, 1.54) is 6.34 Å². The van der Waals surface area contributed by atoms with E-state index in [0.29, 0.717) is 0 Å². The van der Waals surface area contributed by atoms with Gasteiger partial charge in [-0.1, -0.05) is 0 Å². The first-order chi connectivity index (χ1) is 4.17. The Labute approximate surface area is 54.1 Å². The number of hydrogen-bond acceptors (Lipinski definition) is 3. The molecule has 0 amide bonds. The van der Waals surface area contributed by atoms with Gasteiger partial charge in [0.15, 0.2) is 0 Å². The Morgan fingerprint density at radius 2 is 2.33 bits per heavy atom. The van der Waals surface area contributed by atoms with Crippen LogP contribution < -0.4 is 0 Å². The maximum atomic E-state index is 8.69. The molecule has 0 aromatic rings. The van der Waals surface area contributed by atoms with Crippen LogP contribution in [0.15, 0.2) is 9.98 Å². The normalized spacial score (nSPS) is 22.3. The molecule has 0 aromatic heterocycles. The zero-order valence-electron chi connectivity index (χ0n) is 5.63. The third kappa shape index (κ3) is 1.00. The summed E-state index contributed by atoms with van der Waals surface area (Å²) >= 11 is 0. The van der Waals surface area contributed by atoms with Gasteiger partial charge in [-0.25, -0.2) is 4.99 Å². The standard InChI is InChI=1S/C6H10N2O/c1-6(2)5(3-9)7-4-8-6/h4,9H,3H2,1-2H3. The van der Waals surface area contributed by atoms with E-state index >= 15 is 0 Å². The predicted octanol–water partition coefficient (Wildman–Crippen LogP) is 0.240. The van der Waals surface area contributed by atoms with E-state index < -0.39 is 0 Å². The Morgan fingerprint density at radius 3 is 2.56 bits per heavy atom. The van der Waals surface area contributed by atoms with Crippen molar-refractivity contribution < 1.29 is 5.11 Å². The molecule has 0 unspecified atom stereocenters. The van der Waals surface area contributed by atoms with Gasteiger partial charge in [0.1, 0.15) is 6.34 Å². The Kier molecular flexibility index (Phi) is 1.37. The second kappa shape index (κ2) is 1.92. The van der Waals surface area contributed by atoms with Crippen molar-refractivity contribution in [3.63, 3.8) is 0 Å². The summed E-state index contributed by atoms with van der Waals surface area (Å²) in [7, 11) is 0. The monoisotopic (exact) mass is 126 g/mol. The summed E-state index contributed by atoms with van der Waals surface area (Å²) in [5, 5.41) is 8.69. The Bertz CT molecular complexity index is 170. The van der Waals surface area contributed by atoms with Gasteiger partial charge in [-0.05, 0) is 13.8 Å². The van der Waals surface area contributed by atoms with Crippen LogP contribution in [0.5, 0.6) is 0 Å². The highest BCUT2D eigenvalue weighted by Crippen LogP contribution is 2.14. The summed E-state index contributed by atoms with van der Waals surface area (Å²) in [5.74, 6) is 0. The molecule has 3 heteroatoms. The van der Waals surface area contributed by atoms with Crippen LogP contribution in [0.2, 0.25) is 0 Å². The molecule has 1 aliphatic heterocycles. The molecule has 1 aliphatic rings. The highest BCUT2D eigenvalue weighted by Gasteiger charge is 2.25. The van der Waals surface area contributed by atoms with Crippen molar-refractivity contribution >= 4 is 12.1 Å². The molecule has 1 heterocycles. The van der Waals surface area contributed by atoms with Crippen molar-refractivity contribution in [2.45, 2.75) is 19.4 Å². The lowest BCUT2D eigenvalue weighted by molar-refractivity contribution is 0.350. The van der Waals surface area contributed by atoms with Gasteiger partial charge < -0.3 is 5.11 Å². The van der Waals surface area contributed by atoms with Crippen LogP contribution >= 0.6 is 0 Å². The summed E-state index contributed by atoms with van der Waals surface area (Å²) in [6.07, 6.45) is 1.49. The Balaban J connectivity index is 2.78. The minimum Gasteiger partial charge on any atom is -0.390 e. The third-order valence-electron chi connectivity index (χ3n) is 1.45. The van der Waals surface area contributed by atoms with Gasteiger partial charge in [0.2, 0.25) is 0 Å². The summed E-state index contributed by atoms with van der Waals surface area (Å²) in [6, 6.07) is 0. The number of hydrogen-bond donors (Lipinski definition) is 1. The molecule has 50 valence electrons. The lowest BCUT2D eigenvalue weighted by Crippen LogP contribution is -2.29. The topological polar surface area (TPSA) is 45.0 Å². The molecule has 0 aliphatic carbocycles. The third-order valence-corrected chi connectivity index (χ3v) is 1.45. The first kappa shape index (κ1) is 6.42. The predicted molar refractivity (Wildman–Crippen MR) is 37.1 cm³/mol. The largest absolute Gasteiger partial charge is 0.390 e. The van der Waals surface area contributed by atoms with Gasteiger partial charge in [0, 0.05) is 0 Å². The van der Waals surface area contributed by atoms with Gasteiger partial charge in [0.05, 0.1) is 17.9 Å². The maximum absolute atomic E-state index is 8.69. The van der Waals surface area contributed by atoms with Crippen molar-refractivity contribution in [1.82, 2.24) is 0 Å². The molecule has 0 atom stereocenters. The molecule has 0 aromatic carbocycles. The number of nitrogens with zero attached hydrogens (tertiary/aromatic N) is 2. The average Bonchev–Trinajstić information content (AvgIpc) is 2.08. The fourth-order valence-electron chi connectivity index (χ4n) is 0.710.